The van der Waals surface area contributed by atoms with E-state index in [0.717, 1.165) is 48.6 Å². The van der Waals surface area contributed by atoms with E-state index >= 15 is 0 Å². The number of aryl methyl sites for hydroxylation is 2. The maximum absolute atomic E-state index is 13.3. The summed E-state index contributed by atoms with van der Waals surface area (Å²) in [5, 5.41) is 0. The van der Waals surface area contributed by atoms with E-state index in [4.69, 9.17) is 0 Å². The van der Waals surface area contributed by atoms with Gasteiger partial charge in [0.1, 0.15) is 18.1 Å². The molecule has 0 N–H and O–H groups in total. The molecule has 1 aromatic heterocycles. The van der Waals surface area contributed by atoms with Crippen molar-refractivity contribution in [1.29, 1.82) is 0 Å². The summed E-state index contributed by atoms with van der Waals surface area (Å²) in [4.78, 5) is 33.7. The smallest absolute Gasteiger partial charge is 0.273 e. The Morgan fingerprint density at radius 1 is 1.16 bits per heavy atom. The van der Waals surface area contributed by atoms with Crippen LogP contribution in [0.1, 0.15) is 40.4 Å². The Hall–Kier alpha value is -2.63. The van der Waals surface area contributed by atoms with Crippen molar-refractivity contribution >= 4 is 17.5 Å². The summed E-state index contributed by atoms with van der Waals surface area (Å²) in [5.41, 5.74) is 3.26. The van der Waals surface area contributed by atoms with E-state index in [-0.39, 0.29) is 18.4 Å². The molecule has 130 valence electrons. The summed E-state index contributed by atoms with van der Waals surface area (Å²) in [6.45, 7) is 3.24. The molecule has 0 saturated heterocycles. The highest BCUT2D eigenvalue weighted by atomic mass is 16.2. The van der Waals surface area contributed by atoms with Crippen LogP contribution in [0.2, 0.25) is 0 Å². The lowest BCUT2D eigenvalue weighted by molar-refractivity contribution is -0.118. The van der Waals surface area contributed by atoms with E-state index in [2.05, 4.69) is 4.98 Å². The summed E-state index contributed by atoms with van der Waals surface area (Å²) in [7, 11) is 1.76. The summed E-state index contributed by atoms with van der Waals surface area (Å²) < 4.78 is 2.05. The number of imidazole rings is 1. The molecule has 2 aliphatic rings. The van der Waals surface area contributed by atoms with Crippen LogP contribution in [-0.2, 0) is 24.3 Å². The first-order valence-corrected chi connectivity index (χ1v) is 8.76. The number of likely N-dealkylation sites (N-methyl/N-ethyl adjacent to an activating group) is 1. The summed E-state index contributed by atoms with van der Waals surface area (Å²) in [6, 6.07) is 7.76. The molecule has 0 atom stereocenters. The highest BCUT2D eigenvalue weighted by Gasteiger charge is 2.31. The fourth-order valence-electron chi connectivity index (χ4n) is 3.82. The molecule has 0 radical (unpaired) electrons. The Kier molecular flexibility index (Phi) is 3.82. The van der Waals surface area contributed by atoms with Crippen molar-refractivity contribution in [2.24, 2.45) is 0 Å². The van der Waals surface area contributed by atoms with Gasteiger partial charge in [0.05, 0.1) is 5.69 Å². The fraction of sp³-hybridized carbons (Fsp3) is 0.421. The first kappa shape index (κ1) is 15.9. The van der Waals surface area contributed by atoms with Crippen molar-refractivity contribution in [1.82, 2.24) is 14.5 Å². The van der Waals surface area contributed by atoms with Gasteiger partial charge in [-0.15, -0.1) is 0 Å². The molecule has 0 fully saturated rings. The molecule has 6 nitrogen and oxygen atoms in total. The van der Waals surface area contributed by atoms with E-state index in [9.17, 15) is 9.59 Å². The van der Waals surface area contributed by atoms with Crippen LogP contribution < -0.4 is 4.90 Å². The number of carbonyl (C=O) groups is 2. The van der Waals surface area contributed by atoms with Gasteiger partial charge in [-0.25, -0.2) is 4.98 Å². The third kappa shape index (κ3) is 2.62. The maximum Gasteiger partial charge on any atom is 0.273 e. The van der Waals surface area contributed by atoms with Crippen molar-refractivity contribution in [3.8, 4) is 0 Å². The van der Waals surface area contributed by atoms with Crippen LogP contribution in [0.5, 0.6) is 0 Å². The van der Waals surface area contributed by atoms with Gasteiger partial charge in [0.25, 0.3) is 5.91 Å². The number of anilines is 1. The van der Waals surface area contributed by atoms with Crippen LogP contribution in [-0.4, -0.2) is 39.9 Å². The third-order valence-electron chi connectivity index (χ3n) is 5.16. The zero-order valence-electron chi connectivity index (χ0n) is 14.7. The van der Waals surface area contributed by atoms with Gasteiger partial charge >= 0.3 is 0 Å². The van der Waals surface area contributed by atoms with Crippen LogP contribution in [0.25, 0.3) is 0 Å². The Bertz CT molecular complexity index is 855. The Morgan fingerprint density at radius 3 is 2.80 bits per heavy atom. The quantitative estimate of drug-likeness (QED) is 0.800. The summed E-state index contributed by atoms with van der Waals surface area (Å²) in [5.74, 6) is 0.816. The molecule has 4 rings (SSSR count). The molecule has 6 heteroatoms. The Balaban J connectivity index is 1.72. The van der Waals surface area contributed by atoms with Gasteiger partial charge in [-0.1, -0.05) is 18.2 Å². The fourth-order valence-corrected chi connectivity index (χ4v) is 3.82. The van der Waals surface area contributed by atoms with Crippen LogP contribution in [0, 0.1) is 6.92 Å². The van der Waals surface area contributed by atoms with Gasteiger partial charge in [-0.3, -0.25) is 9.59 Å². The Labute approximate surface area is 147 Å². The largest absolute Gasteiger partial charge is 0.324 e. The van der Waals surface area contributed by atoms with E-state index in [1.54, 1.807) is 16.8 Å². The number of aromatic nitrogens is 2. The van der Waals surface area contributed by atoms with E-state index < -0.39 is 0 Å². The van der Waals surface area contributed by atoms with Gasteiger partial charge in [-0.2, -0.15) is 0 Å². The molecule has 25 heavy (non-hydrogen) atoms. The van der Waals surface area contributed by atoms with E-state index in [1.807, 2.05) is 35.8 Å². The minimum Gasteiger partial charge on any atom is -0.324 e. The number of rotatable bonds is 1. The number of hydrogen-bond acceptors (Lipinski definition) is 3. The number of hydrogen-bond donors (Lipinski definition) is 0. The molecule has 0 bridgehead atoms. The molecule has 0 saturated carbocycles. The van der Waals surface area contributed by atoms with E-state index in [1.165, 1.54) is 0 Å². The topological polar surface area (TPSA) is 58.4 Å². The molecular formula is C19H22N4O2. The van der Waals surface area contributed by atoms with Gasteiger partial charge in [0, 0.05) is 32.2 Å². The lowest BCUT2D eigenvalue weighted by Gasteiger charge is -2.22. The number of nitrogens with zero attached hydrogens (tertiary/aromatic N) is 4. The first-order chi connectivity index (χ1) is 12.1. The molecule has 1 aromatic carbocycles. The van der Waals surface area contributed by atoms with Crippen LogP contribution in [0.4, 0.5) is 5.69 Å². The average molecular weight is 338 g/mol. The normalized spacial score (nSPS) is 17.1. The predicted octanol–water partition coefficient (Wildman–Crippen LogP) is 2.15. The molecule has 0 aliphatic carbocycles. The molecule has 2 aromatic rings. The van der Waals surface area contributed by atoms with E-state index in [0.29, 0.717) is 12.2 Å². The van der Waals surface area contributed by atoms with Gasteiger partial charge < -0.3 is 14.4 Å². The molecule has 0 unspecified atom stereocenters. The van der Waals surface area contributed by atoms with Gasteiger partial charge in [-0.05, 0) is 31.4 Å². The second kappa shape index (κ2) is 6.02. The average Bonchev–Trinajstić information content (AvgIpc) is 2.89. The minimum absolute atomic E-state index is 0.0747. The van der Waals surface area contributed by atoms with Crippen molar-refractivity contribution in [2.45, 2.75) is 39.3 Å². The first-order valence-electron chi connectivity index (χ1n) is 8.76. The Morgan fingerprint density at radius 2 is 1.96 bits per heavy atom. The molecule has 0 spiro atoms. The van der Waals surface area contributed by atoms with Crippen LogP contribution in [0.15, 0.2) is 24.3 Å². The van der Waals surface area contributed by atoms with Crippen molar-refractivity contribution < 1.29 is 9.59 Å². The third-order valence-corrected chi connectivity index (χ3v) is 5.16. The predicted molar refractivity (Wildman–Crippen MR) is 94.5 cm³/mol. The number of carbonyl (C=O) groups excluding carboxylic acids is 2. The number of fused-ring (bicyclic) bond motifs is 2. The van der Waals surface area contributed by atoms with Crippen molar-refractivity contribution in [3.05, 3.63) is 47.0 Å². The molecular weight excluding hydrogens is 316 g/mol. The number of amides is 2. The lowest BCUT2D eigenvalue weighted by Crippen LogP contribution is -2.39. The number of benzene rings is 1. The van der Waals surface area contributed by atoms with Crippen molar-refractivity contribution in [2.75, 3.05) is 18.5 Å². The highest BCUT2D eigenvalue weighted by molar-refractivity contribution is 6.01. The maximum atomic E-state index is 13.3. The molecule has 2 amide bonds. The van der Waals surface area contributed by atoms with Crippen LogP contribution >= 0.6 is 0 Å². The van der Waals surface area contributed by atoms with Gasteiger partial charge in [0.2, 0.25) is 5.91 Å². The highest BCUT2D eigenvalue weighted by Crippen LogP contribution is 2.27. The second-order valence-corrected chi connectivity index (χ2v) is 6.81. The van der Waals surface area contributed by atoms with Crippen LogP contribution in [0.3, 0.4) is 0 Å². The minimum atomic E-state index is -0.100. The molecule has 2 aliphatic heterocycles. The SMILES string of the molecule is Cc1nc2n(c1C(=O)N1CC(=O)N(C)c3ccccc3C1)CCCC2. The zero-order valence-corrected chi connectivity index (χ0v) is 14.7. The van der Waals surface area contributed by atoms with Gasteiger partial charge in [0.15, 0.2) is 0 Å². The lowest BCUT2D eigenvalue weighted by atomic mass is 10.1. The molecule has 3 heterocycles. The van der Waals surface area contributed by atoms with Crippen molar-refractivity contribution in [3.63, 3.8) is 0 Å². The summed E-state index contributed by atoms with van der Waals surface area (Å²) >= 11 is 0. The standard InChI is InChI=1S/C19H22N4O2/c1-13-18(23-10-6-5-9-16(23)20-13)19(25)22-11-14-7-3-4-8-15(14)21(2)17(24)12-22/h3-4,7-8H,5-6,9-12H2,1-2H3. The summed E-state index contributed by atoms with van der Waals surface area (Å²) in [6.07, 6.45) is 3.09. The monoisotopic (exact) mass is 338 g/mol. The second-order valence-electron chi connectivity index (χ2n) is 6.81. The number of para-hydroxylation sites is 1. The zero-order chi connectivity index (χ0) is 17.6.